The van der Waals surface area contributed by atoms with Gasteiger partial charge >= 0.3 is 0 Å². The number of aromatic amines is 1. The summed E-state index contributed by atoms with van der Waals surface area (Å²) in [5.41, 5.74) is 5.54. The van der Waals surface area contributed by atoms with Crippen LogP contribution in [0.3, 0.4) is 0 Å². The lowest BCUT2D eigenvalue weighted by molar-refractivity contribution is -0.144. The van der Waals surface area contributed by atoms with Crippen LogP contribution in [0.2, 0.25) is 0 Å². The number of nitrogens with one attached hydrogen (secondary N) is 5. The van der Waals surface area contributed by atoms with Gasteiger partial charge in [0.05, 0.1) is 77.6 Å². The molecule has 4 aromatic heterocycles. The summed E-state index contributed by atoms with van der Waals surface area (Å²) >= 11 is 0. The number of nitrogens with zero attached hydrogens (tertiary/aromatic N) is 5. The molecule has 0 radical (unpaired) electrons. The van der Waals surface area contributed by atoms with E-state index in [4.69, 9.17) is 18.9 Å². The van der Waals surface area contributed by atoms with E-state index in [2.05, 4.69) is 36.3 Å². The minimum Gasteiger partial charge on any atom is -0.379 e. The number of benzene rings is 2. The summed E-state index contributed by atoms with van der Waals surface area (Å²) in [6.45, 7) is 13.6. The van der Waals surface area contributed by atoms with Crippen LogP contribution in [0.25, 0.3) is 33.3 Å². The fourth-order valence-corrected chi connectivity index (χ4v) is 8.99. The first kappa shape index (κ1) is 56.1. The van der Waals surface area contributed by atoms with Crippen molar-refractivity contribution >= 4 is 34.7 Å². The van der Waals surface area contributed by atoms with Gasteiger partial charge < -0.3 is 54.7 Å². The number of carbonyl (C=O) groups excluding carboxylic acids is 4. The molecule has 5 heterocycles. The van der Waals surface area contributed by atoms with E-state index >= 15 is 0 Å². The number of hydrogen-bond donors (Lipinski definition) is 5. The summed E-state index contributed by atoms with van der Waals surface area (Å²) in [6.07, 6.45) is 12.2. The number of halogens is 1. The third-order valence-electron chi connectivity index (χ3n) is 13.3. The lowest BCUT2D eigenvalue weighted by atomic mass is 9.85. The van der Waals surface area contributed by atoms with Gasteiger partial charge in [-0.3, -0.25) is 19.2 Å². The topological polar surface area (TPSA) is 208 Å². The first-order chi connectivity index (χ1) is 36.2. The van der Waals surface area contributed by atoms with Crippen LogP contribution in [-0.4, -0.2) is 150 Å². The highest BCUT2D eigenvalue weighted by atomic mass is 19.1. The molecular weight excluding hydrogens is 960 g/mol. The normalized spacial score (nSPS) is 16.0. The van der Waals surface area contributed by atoms with Crippen molar-refractivity contribution in [2.45, 2.75) is 90.6 Å². The lowest BCUT2D eigenvalue weighted by Gasteiger charge is -2.36. The molecule has 0 saturated carbocycles. The highest BCUT2D eigenvalue weighted by molar-refractivity contribution is 5.96. The molecule has 1 fully saturated rings. The van der Waals surface area contributed by atoms with Gasteiger partial charge in [0.25, 0.3) is 0 Å². The van der Waals surface area contributed by atoms with Crippen LogP contribution < -0.4 is 21.3 Å². The van der Waals surface area contributed by atoms with E-state index in [-0.39, 0.29) is 54.6 Å². The monoisotopic (exact) mass is 1030 g/mol. The number of ether oxygens (including phenoxy) is 4. The van der Waals surface area contributed by atoms with Gasteiger partial charge in [0.2, 0.25) is 23.6 Å². The Hall–Kier alpha value is -6.61. The number of pyridine rings is 1. The van der Waals surface area contributed by atoms with Crippen molar-refractivity contribution in [3.8, 4) is 22.3 Å². The van der Waals surface area contributed by atoms with Crippen molar-refractivity contribution in [3.05, 3.63) is 121 Å². The van der Waals surface area contributed by atoms with Crippen molar-refractivity contribution < 1.29 is 42.5 Å². The third-order valence-corrected chi connectivity index (χ3v) is 13.3. The third kappa shape index (κ3) is 15.7. The maximum atomic E-state index is 14.3. The number of H-pyrrole nitrogens is 1. The van der Waals surface area contributed by atoms with Crippen molar-refractivity contribution in [3.63, 3.8) is 0 Å². The lowest BCUT2D eigenvalue weighted by Crippen LogP contribution is -2.59. The largest absolute Gasteiger partial charge is 0.379 e. The zero-order chi connectivity index (χ0) is 53.3. The Bertz CT molecular complexity index is 2790. The van der Waals surface area contributed by atoms with E-state index in [1.807, 2.05) is 99.4 Å². The van der Waals surface area contributed by atoms with Crippen LogP contribution in [0.4, 0.5) is 4.39 Å². The Balaban J connectivity index is 0.761. The van der Waals surface area contributed by atoms with Gasteiger partial charge in [0.1, 0.15) is 23.5 Å². The quantitative estimate of drug-likeness (QED) is 0.0351. The molecule has 1 saturated heterocycles. The first-order valence-corrected chi connectivity index (χ1v) is 25.9. The number of likely N-dealkylation sites (tertiary alicyclic amines) is 1. The van der Waals surface area contributed by atoms with Crippen molar-refractivity contribution in [1.82, 2.24) is 50.5 Å². The number of amides is 3. The van der Waals surface area contributed by atoms with E-state index < -0.39 is 23.5 Å². The number of aromatic nitrogens is 5. The predicted octanol–water partition coefficient (Wildman–Crippen LogP) is 6.14. The van der Waals surface area contributed by atoms with Gasteiger partial charge in [0.15, 0.2) is 0 Å². The molecule has 5 atom stereocenters. The molecule has 6 aromatic rings. The maximum Gasteiger partial charge on any atom is 0.249 e. The van der Waals surface area contributed by atoms with Crippen LogP contribution in [0.15, 0.2) is 104 Å². The SMILES string of the molecule is CC[C@@H](NC(=O)[C@@H]1C[C@H](NCCOCCOCCOCCOCCC(=O)n2cc(-c3cnc4[nH]cc(-c5ccn(Cc6cccc(F)c6)c5)c4c3)cn2)CN1C(=O)C(NC(=O)[C@H](C)NC)C(C)(C)C)c1ccccc1. The fraction of sp³-hybridized carbons (Fsp3) is 0.464. The van der Waals surface area contributed by atoms with Crippen LogP contribution in [0.1, 0.15) is 75.8 Å². The van der Waals surface area contributed by atoms with Gasteiger partial charge in [-0.05, 0) is 67.6 Å². The molecular formula is C56H73FN10O8. The van der Waals surface area contributed by atoms with Gasteiger partial charge in [-0.25, -0.2) is 14.1 Å². The van der Waals surface area contributed by atoms with Crippen molar-refractivity contribution in [1.29, 1.82) is 0 Å². The Morgan fingerprint density at radius 1 is 0.840 bits per heavy atom. The van der Waals surface area contributed by atoms with E-state index in [9.17, 15) is 23.6 Å². The number of likely N-dealkylation sites (N-methyl/N-ethyl adjacent to an activating group) is 1. The molecule has 75 heavy (non-hydrogen) atoms. The standard InChI is InChI=1S/C56H73FN10O8/c1-7-48(40-13-9-8-10-14-40)63-54(70)49-30-45(37-66(49)55(71)51(56(3,4)5)64-53(69)38(2)58-6)59-18-21-73-23-25-75-27-26-74-24-22-72-20-17-50(68)67-36-43(32-62-67)42-29-46-47(33-61-52(46)60-31-42)41-16-19-65(35-41)34-39-12-11-15-44(57)28-39/h8-16,19,28-29,31-33,35-36,38,45,48-49,51,58-59H,7,17-18,20-27,30,34,37H2,1-6H3,(H,60,61)(H,63,70)(H,64,69)/t38-,45-,48+,49-,51?/m0/s1. The molecule has 402 valence electrons. The van der Waals surface area contributed by atoms with Gasteiger partial charge in [0, 0.05) is 84.3 Å². The van der Waals surface area contributed by atoms with E-state index in [0.29, 0.717) is 78.7 Å². The number of fused-ring (bicyclic) bond motifs is 1. The Morgan fingerprint density at radius 2 is 1.56 bits per heavy atom. The van der Waals surface area contributed by atoms with Crippen LogP contribution in [0, 0.1) is 11.2 Å². The van der Waals surface area contributed by atoms with E-state index in [0.717, 1.165) is 44.4 Å². The summed E-state index contributed by atoms with van der Waals surface area (Å²) in [7, 11) is 1.69. The minimum atomic E-state index is -0.845. The average Bonchev–Trinajstić information content (AvgIpc) is 4.25. The molecule has 19 heteroatoms. The molecule has 18 nitrogen and oxygen atoms in total. The smallest absolute Gasteiger partial charge is 0.249 e. The molecule has 5 N–H and O–H groups in total. The van der Waals surface area contributed by atoms with E-state index in [1.165, 1.54) is 16.8 Å². The second-order valence-corrected chi connectivity index (χ2v) is 19.9. The van der Waals surface area contributed by atoms with Crippen LogP contribution >= 0.6 is 0 Å². The molecule has 3 amide bonds. The second-order valence-electron chi connectivity index (χ2n) is 19.9. The molecule has 1 aliphatic heterocycles. The second kappa shape index (κ2) is 27.3. The zero-order valence-corrected chi connectivity index (χ0v) is 44.0. The van der Waals surface area contributed by atoms with Crippen LogP contribution in [0.5, 0.6) is 0 Å². The minimum absolute atomic E-state index is 0.145. The summed E-state index contributed by atoms with van der Waals surface area (Å²) in [5.74, 6) is -1.28. The van der Waals surface area contributed by atoms with Gasteiger partial charge in [-0.1, -0.05) is 70.2 Å². The summed E-state index contributed by atoms with van der Waals surface area (Å²) in [6, 6.07) is 18.0. The van der Waals surface area contributed by atoms with Gasteiger partial charge in [-0.2, -0.15) is 5.10 Å². The fourth-order valence-electron chi connectivity index (χ4n) is 8.99. The zero-order valence-electron chi connectivity index (χ0n) is 44.0. The maximum absolute atomic E-state index is 14.3. The van der Waals surface area contributed by atoms with Crippen LogP contribution in [-0.2, 0) is 39.9 Å². The van der Waals surface area contributed by atoms with Crippen molar-refractivity contribution in [2.75, 3.05) is 73.0 Å². The number of hydrogen-bond acceptors (Lipinski definition) is 12. The van der Waals surface area contributed by atoms with Gasteiger partial charge in [-0.15, -0.1) is 0 Å². The summed E-state index contributed by atoms with van der Waals surface area (Å²) in [4.78, 5) is 63.7. The first-order valence-electron chi connectivity index (χ1n) is 25.9. The number of carbonyl (C=O) groups is 4. The molecule has 1 unspecified atom stereocenters. The average molecular weight is 1030 g/mol. The highest BCUT2D eigenvalue weighted by Gasteiger charge is 2.45. The van der Waals surface area contributed by atoms with E-state index in [1.54, 1.807) is 43.5 Å². The number of rotatable bonds is 28. The summed E-state index contributed by atoms with van der Waals surface area (Å²) in [5, 5.41) is 17.8. The van der Waals surface area contributed by atoms with Crippen molar-refractivity contribution in [2.24, 2.45) is 5.41 Å². The summed E-state index contributed by atoms with van der Waals surface area (Å²) < 4.78 is 39.8. The molecule has 0 spiro atoms. The Labute approximate surface area is 438 Å². The molecule has 0 bridgehead atoms. The highest BCUT2D eigenvalue weighted by Crippen LogP contribution is 2.32. The molecule has 7 rings (SSSR count). The molecule has 1 aliphatic rings. The Morgan fingerprint density at radius 3 is 2.25 bits per heavy atom. The predicted molar refractivity (Wildman–Crippen MR) is 284 cm³/mol. The Kier molecular flexibility index (Phi) is 20.4. The molecule has 2 aromatic carbocycles. The molecule has 0 aliphatic carbocycles.